The first kappa shape index (κ1) is 34.2. The molecular formula is C35H37BrClN3O4S. The lowest BCUT2D eigenvalue weighted by Gasteiger charge is -2.34. The normalized spacial score (nSPS) is 12.6. The highest BCUT2D eigenvalue weighted by Crippen LogP contribution is 2.31. The highest BCUT2D eigenvalue weighted by molar-refractivity contribution is 9.10. The number of amides is 2. The van der Waals surface area contributed by atoms with Crippen LogP contribution in [0.4, 0.5) is 5.69 Å². The fourth-order valence-electron chi connectivity index (χ4n) is 4.79. The van der Waals surface area contributed by atoms with Crippen molar-refractivity contribution >= 4 is 55.1 Å². The van der Waals surface area contributed by atoms with Gasteiger partial charge in [-0.15, -0.1) is 0 Å². The molecule has 0 aliphatic rings. The molecule has 0 fully saturated rings. The minimum atomic E-state index is -4.23. The Morgan fingerprint density at radius 2 is 1.49 bits per heavy atom. The maximum absolute atomic E-state index is 14.5. The van der Waals surface area contributed by atoms with E-state index in [0.29, 0.717) is 6.42 Å². The number of benzene rings is 4. The summed E-state index contributed by atoms with van der Waals surface area (Å²) in [5.41, 5.74) is 2.71. The maximum atomic E-state index is 14.5. The van der Waals surface area contributed by atoms with Crippen molar-refractivity contribution < 1.29 is 18.0 Å². The molecule has 0 aliphatic heterocycles. The number of hydrogen-bond acceptors (Lipinski definition) is 4. The van der Waals surface area contributed by atoms with Gasteiger partial charge in [-0.2, -0.15) is 0 Å². The Morgan fingerprint density at radius 3 is 2.11 bits per heavy atom. The van der Waals surface area contributed by atoms with E-state index in [9.17, 15) is 18.0 Å². The number of carbonyl (C=O) groups is 2. The summed E-state index contributed by atoms with van der Waals surface area (Å²) >= 11 is 9.99. The van der Waals surface area contributed by atoms with Crippen LogP contribution < -0.4 is 9.62 Å². The predicted octanol–water partition coefficient (Wildman–Crippen LogP) is 7.16. The zero-order chi connectivity index (χ0) is 32.6. The highest BCUT2D eigenvalue weighted by atomic mass is 79.9. The molecule has 2 amide bonds. The van der Waals surface area contributed by atoms with Gasteiger partial charge in [-0.1, -0.05) is 107 Å². The largest absolute Gasteiger partial charge is 0.352 e. The van der Waals surface area contributed by atoms with Crippen LogP contribution in [0.5, 0.6) is 0 Å². The van der Waals surface area contributed by atoms with E-state index >= 15 is 0 Å². The lowest BCUT2D eigenvalue weighted by Crippen LogP contribution is -2.54. The molecule has 7 nitrogen and oxygen atoms in total. The molecule has 0 saturated carbocycles. The smallest absolute Gasteiger partial charge is 0.264 e. The number of para-hydroxylation sites is 1. The number of carbonyl (C=O) groups excluding carboxylic acids is 2. The van der Waals surface area contributed by atoms with Gasteiger partial charge in [0, 0.05) is 23.5 Å². The van der Waals surface area contributed by atoms with Crippen molar-refractivity contribution in [2.45, 2.75) is 57.1 Å². The van der Waals surface area contributed by atoms with Gasteiger partial charge in [0.25, 0.3) is 10.0 Å². The van der Waals surface area contributed by atoms with Gasteiger partial charge in [0.15, 0.2) is 0 Å². The number of halogens is 2. The fraction of sp³-hybridized carbons (Fsp3) is 0.257. The number of anilines is 1. The SMILES string of the molecule is CCC(C)NC(=O)C(Cc1ccccc1)N(Cc1ccc(Br)cc1)C(=O)CN(c1ccccc1Cl)S(=O)(=O)c1ccc(C)cc1. The standard InChI is InChI=1S/C35H37BrClN3O4S/c1-4-26(3)38-35(42)33(22-27-10-6-5-7-11-27)39(23-28-16-18-29(36)19-17-28)34(41)24-40(32-13-9-8-12-31(32)37)45(43,44)30-20-14-25(2)15-21-30/h5-21,26,33H,4,22-24H2,1-3H3,(H,38,42). The predicted molar refractivity (Wildman–Crippen MR) is 184 cm³/mol. The zero-order valence-electron chi connectivity index (χ0n) is 25.5. The van der Waals surface area contributed by atoms with Crippen LogP contribution in [-0.4, -0.2) is 43.8 Å². The third kappa shape index (κ3) is 8.96. The van der Waals surface area contributed by atoms with Crippen molar-refractivity contribution in [3.8, 4) is 0 Å². The molecule has 4 aromatic carbocycles. The summed E-state index contributed by atoms with van der Waals surface area (Å²) in [5, 5.41) is 3.22. The number of nitrogens with zero attached hydrogens (tertiary/aromatic N) is 2. The molecule has 10 heteroatoms. The summed E-state index contributed by atoms with van der Waals surface area (Å²) < 4.78 is 30.2. The molecule has 4 aromatic rings. The number of hydrogen-bond donors (Lipinski definition) is 1. The van der Waals surface area contributed by atoms with Crippen LogP contribution in [0.1, 0.15) is 37.0 Å². The molecule has 0 spiro atoms. The Morgan fingerprint density at radius 1 is 0.867 bits per heavy atom. The van der Waals surface area contributed by atoms with Crippen LogP contribution in [0.3, 0.4) is 0 Å². The molecule has 4 rings (SSSR count). The molecule has 2 atom stereocenters. The van der Waals surface area contributed by atoms with Gasteiger partial charge in [-0.05, 0) is 67.8 Å². The molecule has 236 valence electrons. The summed E-state index contributed by atoms with van der Waals surface area (Å²) in [7, 11) is -4.23. The van der Waals surface area contributed by atoms with E-state index in [2.05, 4.69) is 21.2 Å². The lowest BCUT2D eigenvalue weighted by molar-refractivity contribution is -0.140. The number of nitrogens with one attached hydrogen (secondary N) is 1. The van der Waals surface area contributed by atoms with E-state index in [1.807, 2.05) is 75.4 Å². The van der Waals surface area contributed by atoms with Gasteiger partial charge >= 0.3 is 0 Å². The Hall–Kier alpha value is -3.66. The molecular weight excluding hydrogens is 674 g/mol. The summed E-state index contributed by atoms with van der Waals surface area (Å²) in [6, 6.07) is 28.8. The third-order valence-corrected chi connectivity index (χ3v) is 10.2. The highest BCUT2D eigenvalue weighted by Gasteiger charge is 2.35. The summed E-state index contributed by atoms with van der Waals surface area (Å²) in [5.74, 6) is -0.863. The Balaban J connectivity index is 1.81. The topological polar surface area (TPSA) is 86.8 Å². The molecule has 0 aromatic heterocycles. The zero-order valence-corrected chi connectivity index (χ0v) is 28.6. The average Bonchev–Trinajstić information content (AvgIpc) is 3.03. The molecule has 0 heterocycles. The van der Waals surface area contributed by atoms with Gasteiger partial charge in [0.2, 0.25) is 11.8 Å². The second-order valence-corrected chi connectivity index (χ2v) is 14.1. The first-order chi connectivity index (χ1) is 21.5. The molecule has 45 heavy (non-hydrogen) atoms. The quantitative estimate of drug-likeness (QED) is 0.160. The third-order valence-electron chi connectivity index (χ3n) is 7.55. The van der Waals surface area contributed by atoms with Crippen molar-refractivity contribution in [3.05, 3.63) is 129 Å². The lowest BCUT2D eigenvalue weighted by atomic mass is 10.0. The van der Waals surface area contributed by atoms with Crippen LogP contribution in [0.15, 0.2) is 112 Å². The number of sulfonamides is 1. The van der Waals surface area contributed by atoms with Gasteiger partial charge in [-0.25, -0.2) is 8.42 Å². The molecule has 0 saturated heterocycles. The monoisotopic (exact) mass is 709 g/mol. The first-order valence-electron chi connectivity index (χ1n) is 14.7. The van der Waals surface area contributed by atoms with Crippen molar-refractivity contribution in [3.63, 3.8) is 0 Å². The van der Waals surface area contributed by atoms with Gasteiger partial charge in [0.05, 0.1) is 15.6 Å². The van der Waals surface area contributed by atoms with E-state index in [4.69, 9.17) is 11.6 Å². The Labute approximate surface area is 279 Å². The van der Waals surface area contributed by atoms with Gasteiger partial charge < -0.3 is 10.2 Å². The summed E-state index contributed by atoms with van der Waals surface area (Å²) in [4.78, 5) is 29.9. The van der Waals surface area contributed by atoms with Crippen LogP contribution in [0, 0.1) is 6.92 Å². The average molecular weight is 711 g/mol. The van der Waals surface area contributed by atoms with Crippen LogP contribution in [0.25, 0.3) is 0 Å². The van der Waals surface area contributed by atoms with Crippen molar-refractivity contribution in [2.24, 2.45) is 0 Å². The molecule has 0 radical (unpaired) electrons. The van der Waals surface area contributed by atoms with Crippen LogP contribution in [0.2, 0.25) is 5.02 Å². The second kappa shape index (κ2) is 15.6. The fourth-order valence-corrected chi connectivity index (χ4v) is 6.77. The van der Waals surface area contributed by atoms with E-state index in [1.165, 1.54) is 17.0 Å². The van der Waals surface area contributed by atoms with E-state index < -0.39 is 28.5 Å². The molecule has 2 unspecified atom stereocenters. The van der Waals surface area contributed by atoms with Gasteiger partial charge in [0.1, 0.15) is 12.6 Å². The van der Waals surface area contributed by atoms with E-state index in [0.717, 1.165) is 25.5 Å². The van der Waals surface area contributed by atoms with Gasteiger partial charge in [-0.3, -0.25) is 13.9 Å². The van der Waals surface area contributed by atoms with Crippen LogP contribution in [-0.2, 0) is 32.6 Å². The van der Waals surface area contributed by atoms with Crippen LogP contribution >= 0.6 is 27.5 Å². The molecule has 0 aliphatic carbocycles. The number of rotatable bonds is 13. The number of aryl methyl sites for hydroxylation is 1. The van der Waals surface area contributed by atoms with E-state index in [1.54, 1.807) is 36.4 Å². The molecule has 1 N–H and O–H groups in total. The first-order valence-corrected chi connectivity index (χ1v) is 17.3. The van der Waals surface area contributed by atoms with Crippen molar-refractivity contribution in [1.29, 1.82) is 0 Å². The maximum Gasteiger partial charge on any atom is 0.264 e. The minimum absolute atomic E-state index is 0.0237. The van der Waals surface area contributed by atoms with E-state index in [-0.39, 0.29) is 40.5 Å². The second-order valence-electron chi connectivity index (χ2n) is 10.9. The Kier molecular flexibility index (Phi) is 11.8. The Bertz CT molecular complexity index is 1700. The van der Waals surface area contributed by atoms with Crippen molar-refractivity contribution in [2.75, 3.05) is 10.8 Å². The van der Waals surface area contributed by atoms with Crippen molar-refractivity contribution in [1.82, 2.24) is 10.2 Å². The minimum Gasteiger partial charge on any atom is -0.352 e. The summed E-state index contributed by atoms with van der Waals surface area (Å²) in [6.07, 6.45) is 0.946. The molecule has 0 bridgehead atoms. The summed E-state index contributed by atoms with van der Waals surface area (Å²) in [6.45, 7) is 5.25.